The SMILES string of the molecule is CN(c1cc(C2CCC2)ncn1)[C@@H]1COC[C@H]1F. The van der Waals surface area contributed by atoms with E-state index in [2.05, 4.69) is 9.97 Å². The second-order valence-corrected chi connectivity index (χ2v) is 5.16. The van der Waals surface area contributed by atoms with Crippen molar-refractivity contribution in [2.45, 2.75) is 37.4 Å². The molecule has 2 aliphatic rings. The Morgan fingerprint density at radius 3 is 2.78 bits per heavy atom. The first-order valence-corrected chi connectivity index (χ1v) is 6.52. The summed E-state index contributed by atoms with van der Waals surface area (Å²) in [6.07, 6.45) is 4.35. The number of aromatic nitrogens is 2. The van der Waals surface area contributed by atoms with Crippen molar-refractivity contribution in [3.8, 4) is 0 Å². The number of hydrogen-bond donors (Lipinski definition) is 0. The molecule has 0 radical (unpaired) electrons. The van der Waals surface area contributed by atoms with Crippen LogP contribution in [0.1, 0.15) is 30.9 Å². The van der Waals surface area contributed by atoms with E-state index in [1.807, 2.05) is 18.0 Å². The van der Waals surface area contributed by atoms with Crippen molar-refractivity contribution >= 4 is 5.82 Å². The van der Waals surface area contributed by atoms with E-state index in [4.69, 9.17) is 4.74 Å². The monoisotopic (exact) mass is 251 g/mol. The molecule has 0 unspecified atom stereocenters. The highest BCUT2D eigenvalue weighted by Gasteiger charge is 2.32. The number of hydrogen-bond acceptors (Lipinski definition) is 4. The van der Waals surface area contributed by atoms with E-state index < -0.39 is 6.17 Å². The summed E-state index contributed by atoms with van der Waals surface area (Å²) in [4.78, 5) is 10.5. The molecular weight excluding hydrogens is 233 g/mol. The first-order valence-electron chi connectivity index (χ1n) is 6.52. The van der Waals surface area contributed by atoms with Gasteiger partial charge in [-0.2, -0.15) is 0 Å². The lowest BCUT2D eigenvalue weighted by Gasteiger charge is -2.28. The van der Waals surface area contributed by atoms with E-state index in [0.29, 0.717) is 12.5 Å². The predicted molar refractivity (Wildman–Crippen MR) is 66.5 cm³/mol. The van der Waals surface area contributed by atoms with E-state index >= 15 is 0 Å². The summed E-state index contributed by atoms with van der Waals surface area (Å²) >= 11 is 0. The van der Waals surface area contributed by atoms with Crippen LogP contribution in [0.2, 0.25) is 0 Å². The Morgan fingerprint density at radius 1 is 1.33 bits per heavy atom. The molecule has 0 aromatic carbocycles. The van der Waals surface area contributed by atoms with Crippen LogP contribution in [0.3, 0.4) is 0 Å². The van der Waals surface area contributed by atoms with E-state index in [9.17, 15) is 4.39 Å². The highest BCUT2D eigenvalue weighted by Crippen LogP contribution is 2.36. The second-order valence-electron chi connectivity index (χ2n) is 5.16. The largest absolute Gasteiger partial charge is 0.376 e. The maximum Gasteiger partial charge on any atom is 0.146 e. The number of ether oxygens (including phenoxy) is 1. The minimum Gasteiger partial charge on any atom is -0.376 e. The first kappa shape index (κ1) is 11.8. The van der Waals surface area contributed by atoms with Crippen LogP contribution in [-0.4, -0.2) is 42.4 Å². The van der Waals surface area contributed by atoms with Gasteiger partial charge >= 0.3 is 0 Å². The summed E-state index contributed by atoms with van der Waals surface area (Å²) in [6.45, 7) is 0.621. The molecule has 0 bridgehead atoms. The molecule has 1 aromatic heterocycles. The van der Waals surface area contributed by atoms with Crippen LogP contribution >= 0.6 is 0 Å². The zero-order valence-electron chi connectivity index (χ0n) is 10.6. The van der Waals surface area contributed by atoms with Crippen molar-refractivity contribution in [1.82, 2.24) is 9.97 Å². The number of likely N-dealkylation sites (N-methyl/N-ethyl adjacent to an activating group) is 1. The molecule has 18 heavy (non-hydrogen) atoms. The quantitative estimate of drug-likeness (QED) is 0.822. The third-order valence-electron chi connectivity index (χ3n) is 4.04. The third kappa shape index (κ3) is 2.07. The summed E-state index contributed by atoms with van der Waals surface area (Å²) in [7, 11) is 1.87. The molecule has 0 amide bonds. The number of nitrogens with zero attached hydrogens (tertiary/aromatic N) is 3. The van der Waals surface area contributed by atoms with E-state index in [-0.39, 0.29) is 12.6 Å². The van der Waals surface area contributed by atoms with Crippen LogP contribution in [0.4, 0.5) is 10.2 Å². The smallest absolute Gasteiger partial charge is 0.146 e. The molecule has 98 valence electrons. The fourth-order valence-electron chi connectivity index (χ4n) is 2.52. The van der Waals surface area contributed by atoms with Gasteiger partial charge in [-0.05, 0) is 12.8 Å². The lowest BCUT2D eigenvalue weighted by molar-refractivity contribution is 0.173. The van der Waals surface area contributed by atoms with Crippen molar-refractivity contribution in [2.75, 3.05) is 25.2 Å². The van der Waals surface area contributed by atoms with Crippen LogP contribution in [0, 0.1) is 0 Å². The number of rotatable bonds is 3. The van der Waals surface area contributed by atoms with Crippen molar-refractivity contribution in [2.24, 2.45) is 0 Å². The van der Waals surface area contributed by atoms with Crippen LogP contribution < -0.4 is 4.90 Å². The van der Waals surface area contributed by atoms with Crippen LogP contribution in [0.25, 0.3) is 0 Å². The zero-order valence-corrected chi connectivity index (χ0v) is 10.6. The highest BCUT2D eigenvalue weighted by atomic mass is 19.1. The van der Waals surface area contributed by atoms with Crippen LogP contribution in [-0.2, 0) is 4.74 Å². The van der Waals surface area contributed by atoms with Gasteiger partial charge in [-0.3, -0.25) is 0 Å². The summed E-state index contributed by atoms with van der Waals surface area (Å²) in [5.74, 6) is 1.37. The first-order chi connectivity index (χ1) is 8.75. The molecule has 4 nitrogen and oxygen atoms in total. The van der Waals surface area contributed by atoms with Gasteiger partial charge in [0.1, 0.15) is 18.3 Å². The Balaban J connectivity index is 1.78. The molecule has 1 aliphatic carbocycles. The maximum atomic E-state index is 13.7. The number of alkyl halides is 1. The lowest BCUT2D eigenvalue weighted by Crippen LogP contribution is -2.39. The maximum absolute atomic E-state index is 13.7. The fraction of sp³-hybridized carbons (Fsp3) is 0.692. The van der Waals surface area contributed by atoms with Gasteiger partial charge in [0.2, 0.25) is 0 Å². The lowest BCUT2D eigenvalue weighted by atomic mass is 9.83. The predicted octanol–water partition coefficient (Wildman–Crippen LogP) is 1.92. The number of anilines is 1. The summed E-state index contributed by atoms with van der Waals surface area (Å²) in [6, 6.07) is 1.77. The van der Waals surface area contributed by atoms with Gasteiger partial charge in [-0.1, -0.05) is 6.42 Å². The summed E-state index contributed by atoms with van der Waals surface area (Å²) in [5.41, 5.74) is 1.09. The van der Waals surface area contributed by atoms with Crippen molar-refractivity contribution in [1.29, 1.82) is 0 Å². The van der Waals surface area contributed by atoms with E-state index in [1.165, 1.54) is 19.3 Å². The van der Waals surface area contributed by atoms with Gasteiger partial charge in [0.25, 0.3) is 0 Å². The molecule has 0 N–H and O–H groups in total. The molecule has 1 saturated heterocycles. The molecule has 1 aliphatic heterocycles. The Labute approximate surface area is 106 Å². The average Bonchev–Trinajstić information content (AvgIpc) is 2.73. The second kappa shape index (κ2) is 4.80. The molecule has 3 rings (SSSR count). The Bertz CT molecular complexity index is 424. The van der Waals surface area contributed by atoms with Crippen LogP contribution in [0.15, 0.2) is 12.4 Å². The van der Waals surface area contributed by atoms with Crippen molar-refractivity contribution < 1.29 is 9.13 Å². The minimum absolute atomic E-state index is 0.190. The standard InChI is InChI=1S/C13H18FN3O/c1-17(12-7-18-6-10(12)14)13-5-11(15-8-16-13)9-3-2-4-9/h5,8-10,12H,2-4,6-7H2,1H3/t10-,12-/m1/s1. The topological polar surface area (TPSA) is 38.2 Å². The Hall–Kier alpha value is -1.23. The number of halogens is 1. The summed E-state index contributed by atoms with van der Waals surface area (Å²) < 4.78 is 18.8. The molecule has 5 heteroatoms. The van der Waals surface area contributed by atoms with Gasteiger partial charge in [0.05, 0.1) is 19.3 Å². The van der Waals surface area contributed by atoms with Gasteiger partial charge in [-0.15, -0.1) is 0 Å². The van der Waals surface area contributed by atoms with Crippen LogP contribution in [0.5, 0.6) is 0 Å². The van der Waals surface area contributed by atoms with Gasteiger partial charge in [0, 0.05) is 24.7 Å². The Kier molecular flexibility index (Phi) is 3.16. The van der Waals surface area contributed by atoms with Gasteiger partial charge in [0.15, 0.2) is 0 Å². The summed E-state index contributed by atoms with van der Waals surface area (Å²) in [5, 5.41) is 0. The highest BCUT2D eigenvalue weighted by molar-refractivity contribution is 5.41. The normalized spacial score (nSPS) is 28.1. The van der Waals surface area contributed by atoms with Crippen molar-refractivity contribution in [3.05, 3.63) is 18.1 Å². The Morgan fingerprint density at radius 2 is 2.17 bits per heavy atom. The molecule has 1 aromatic rings. The molecule has 2 atom stereocenters. The molecule has 2 heterocycles. The van der Waals surface area contributed by atoms with Gasteiger partial charge in [-0.25, -0.2) is 14.4 Å². The fourth-order valence-corrected chi connectivity index (χ4v) is 2.52. The van der Waals surface area contributed by atoms with Gasteiger partial charge < -0.3 is 9.64 Å². The molecule has 1 saturated carbocycles. The third-order valence-corrected chi connectivity index (χ3v) is 4.04. The van der Waals surface area contributed by atoms with Crippen molar-refractivity contribution in [3.63, 3.8) is 0 Å². The molecular formula is C13H18FN3O. The molecule has 2 fully saturated rings. The van der Waals surface area contributed by atoms with E-state index in [1.54, 1.807) is 6.33 Å². The molecule has 0 spiro atoms. The minimum atomic E-state index is -0.933. The van der Waals surface area contributed by atoms with E-state index in [0.717, 1.165) is 11.5 Å². The average molecular weight is 251 g/mol. The zero-order chi connectivity index (χ0) is 12.5.